The average molecular weight is 315 g/mol. The lowest BCUT2D eigenvalue weighted by atomic mass is 9.86. The molecule has 1 aromatic rings. The Hall–Kier alpha value is -1.41. The Morgan fingerprint density at radius 2 is 2.24 bits per heavy atom. The molecule has 7 nitrogen and oxygen atoms in total. The number of aromatic nitrogens is 2. The molecule has 1 aliphatic carbocycles. The molecule has 8 heteroatoms. The molecule has 1 aromatic heterocycles. The Balaban J connectivity index is 2.11. The molecule has 0 amide bonds. The number of hydrogen-bond donors (Lipinski definition) is 2. The van der Waals surface area contributed by atoms with E-state index in [1.54, 1.807) is 11.5 Å². The summed E-state index contributed by atoms with van der Waals surface area (Å²) < 4.78 is 29.0. The molecule has 0 bridgehead atoms. The summed E-state index contributed by atoms with van der Waals surface area (Å²) in [5.74, 6) is -0.684. The van der Waals surface area contributed by atoms with Gasteiger partial charge in [0.2, 0.25) is 0 Å². The van der Waals surface area contributed by atoms with Crippen molar-refractivity contribution in [3.63, 3.8) is 0 Å². The predicted octanol–water partition coefficient (Wildman–Crippen LogP) is 1.13. The minimum Gasteiger partial charge on any atom is -0.481 e. The maximum atomic E-state index is 12.3. The van der Waals surface area contributed by atoms with Crippen LogP contribution in [0.1, 0.15) is 38.4 Å². The molecule has 0 saturated heterocycles. The summed E-state index contributed by atoms with van der Waals surface area (Å²) in [7, 11) is -3.70. The van der Waals surface area contributed by atoms with Crippen molar-refractivity contribution in [3.8, 4) is 0 Å². The predicted molar refractivity (Wildman–Crippen MR) is 76.3 cm³/mol. The van der Waals surface area contributed by atoms with Crippen LogP contribution in [-0.4, -0.2) is 35.1 Å². The molecule has 0 spiro atoms. The van der Waals surface area contributed by atoms with Crippen molar-refractivity contribution in [1.82, 2.24) is 14.3 Å². The van der Waals surface area contributed by atoms with Gasteiger partial charge in [-0.05, 0) is 33.1 Å². The molecule has 0 radical (unpaired) electrons. The van der Waals surface area contributed by atoms with Crippen LogP contribution in [-0.2, 0) is 21.4 Å². The number of sulfonamides is 1. The van der Waals surface area contributed by atoms with E-state index >= 15 is 0 Å². The average Bonchev–Trinajstić information content (AvgIpc) is 2.80. The monoisotopic (exact) mass is 315 g/mol. The van der Waals surface area contributed by atoms with Gasteiger partial charge in [0.1, 0.15) is 5.82 Å². The van der Waals surface area contributed by atoms with Crippen LogP contribution in [0.3, 0.4) is 0 Å². The summed E-state index contributed by atoms with van der Waals surface area (Å²) in [4.78, 5) is 15.1. The van der Waals surface area contributed by atoms with E-state index < -0.39 is 21.9 Å². The lowest BCUT2D eigenvalue weighted by Crippen LogP contribution is -2.40. The van der Waals surface area contributed by atoms with Gasteiger partial charge in [-0.15, -0.1) is 0 Å². The van der Waals surface area contributed by atoms with Gasteiger partial charge in [0.05, 0.1) is 5.92 Å². The second-order valence-corrected chi connectivity index (χ2v) is 7.09. The number of imidazole rings is 1. The zero-order valence-electron chi connectivity index (χ0n) is 12.2. The standard InChI is InChI=1S/C13H21N3O4S/c1-3-16-8-12(14-9(16)2)21(19,20)15-11-6-4-5-10(7-11)13(17)18/h8,10-11,15H,3-7H2,1-2H3,(H,17,18). The zero-order valence-corrected chi connectivity index (χ0v) is 13.1. The van der Waals surface area contributed by atoms with Crippen LogP contribution < -0.4 is 4.72 Å². The van der Waals surface area contributed by atoms with Crippen LogP contribution in [0.5, 0.6) is 0 Å². The van der Waals surface area contributed by atoms with Gasteiger partial charge in [-0.1, -0.05) is 6.42 Å². The molecule has 1 aliphatic rings. The molecule has 2 atom stereocenters. The van der Waals surface area contributed by atoms with Crippen molar-refractivity contribution < 1.29 is 18.3 Å². The van der Waals surface area contributed by atoms with Gasteiger partial charge >= 0.3 is 5.97 Å². The van der Waals surface area contributed by atoms with Crippen LogP contribution in [0.2, 0.25) is 0 Å². The summed E-state index contributed by atoms with van der Waals surface area (Å²) >= 11 is 0. The van der Waals surface area contributed by atoms with Crippen molar-refractivity contribution >= 4 is 16.0 Å². The van der Waals surface area contributed by atoms with E-state index in [2.05, 4.69) is 9.71 Å². The molecular weight excluding hydrogens is 294 g/mol. The van der Waals surface area contributed by atoms with Gasteiger partial charge in [-0.2, -0.15) is 0 Å². The molecule has 2 rings (SSSR count). The number of carboxylic acids is 1. The van der Waals surface area contributed by atoms with Gasteiger partial charge < -0.3 is 9.67 Å². The number of carboxylic acid groups (broad SMARTS) is 1. The fourth-order valence-corrected chi connectivity index (χ4v) is 4.02. The molecule has 0 aliphatic heterocycles. The minimum absolute atomic E-state index is 0.000650. The van der Waals surface area contributed by atoms with E-state index in [0.29, 0.717) is 38.1 Å². The summed E-state index contributed by atoms with van der Waals surface area (Å²) in [5, 5.41) is 9.05. The van der Waals surface area contributed by atoms with E-state index in [4.69, 9.17) is 5.11 Å². The Bertz CT molecular complexity index is 623. The Morgan fingerprint density at radius 3 is 2.81 bits per heavy atom. The topological polar surface area (TPSA) is 101 Å². The molecular formula is C13H21N3O4S. The van der Waals surface area contributed by atoms with E-state index in [0.717, 1.165) is 0 Å². The zero-order chi connectivity index (χ0) is 15.6. The van der Waals surface area contributed by atoms with Crippen LogP contribution in [0, 0.1) is 12.8 Å². The van der Waals surface area contributed by atoms with Crippen LogP contribution in [0.25, 0.3) is 0 Å². The molecule has 1 fully saturated rings. The number of hydrogen-bond acceptors (Lipinski definition) is 4. The first-order chi connectivity index (χ1) is 9.83. The van der Waals surface area contributed by atoms with Crippen molar-refractivity contribution in [2.75, 3.05) is 0 Å². The lowest BCUT2D eigenvalue weighted by molar-refractivity contribution is -0.143. The fourth-order valence-electron chi connectivity index (χ4n) is 2.73. The molecule has 1 heterocycles. The summed E-state index contributed by atoms with van der Waals surface area (Å²) in [6.07, 6.45) is 3.83. The molecule has 2 unspecified atom stereocenters. The molecule has 2 N–H and O–H groups in total. The van der Waals surface area contributed by atoms with Crippen molar-refractivity contribution in [1.29, 1.82) is 0 Å². The number of aryl methyl sites for hydroxylation is 2. The largest absolute Gasteiger partial charge is 0.481 e. The molecule has 118 valence electrons. The highest BCUT2D eigenvalue weighted by molar-refractivity contribution is 7.89. The molecule has 1 saturated carbocycles. The summed E-state index contributed by atoms with van der Waals surface area (Å²) in [5.41, 5.74) is 0. The maximum absolute atomic E-state index is 12.3. The summed E-state index contributed by atoms with van der Waals surface area (Å²) in [6.45, 7) is 4.32. The van der Waals surface area contributed by atoms with Gasteiger partial charge in [0.15, 0.2) is 5.03 Å². The molecule has 21 heavy (non-hydrogen) atoms. The third-order valence-electron chi connectivity index (χ3n) is 3.92. The van der Waals surface area contributed by atoms with Crippen LogP contribution >= 0.6 is 0 Å². The first-order valence-corrected chi connectivity index (χ1v) is 8.60. The van der Waals surface area contributed by atoms with E-state index in [-0.39, 0.29) is 11.1 Å². The maximum Gasteiger partial charge on any atom is 0.306 e. The van der Waals surface area contributed by atoms with E-state index in [1.807, 2.05) is 6.92 Å². The van der Waals surface area contributed by atoms with Gasteiger partial charge in [-0.3, -0.25) is 4.79 Å². The highest BCUT2D eigenvalue weighted by Gasteiger charge is 2.30. The Labute approximate surface area is 124 Å². The second-order valence-electron chi connectivity index (χ2n) is 5.43. The summed E-state index contributed by atoms with van der Waals surface area (Å²) in [6, 6.07) is -0.336. The van der Waals surface area contributed by atoms with Gasteiger partial charge in [-0.25, -0.2) is 18.1 Å². The highest BCUT2D eigenvalue weighted by atomic mass is 32.2. The normalized spacial score (nSPS) is 23.1. The quantitative estimate of drug-likeness (QED) is 0.848. The number of nitrogens with zero attached hydrogens (tertiary/aromatic N) is 2. The van der Waals surface area contributed by atoms with Crippen LogP contribution in [0.15, 0.2) is 11.2 Å². The number of carbonyl (C=O) groups is 1. The smallest absolute Gasteiger partial charge is 0.306 e. The number of aliphatic carboxylic acids is 1. The first kappa shape index (κ1) is 16.0. The van der Waals surface area contributed by atoms with Gasteiger partial charge in [0, 0.05) is 18.8 Å². The third kappa shape index (κ3) is 3.62. The minimum atomic E-state index is -3.70. The first-order valence-electron chi connectivity index (χ1n) is 7.12. The van der Waals surface area contributed by atoms with E-state index in [1.165, 1.54) is 6.20 Å². The fraction of sp³-hybridized carbons (Fsp3) is 0.692. The second kappa shape index (κ2) is 6.15. The SMILES string of the molecule is CCn1cc(S(=O)(=O)NC2CCCC(C(=O)O)C2)nc1C. The number of rotatable bonds is 5. The van der Waals surface area contributed by atoms with Crippen molar-refractivity contribution in [2.24, 2.45) is 5.92 Å². The van der Waals surface area contributed by atoms with Crippen molar-refractivity contribution in [2.45, 2.75) is 57.1 Å². The number of nitrogens with one attached hydrogen (secondary N) is 1. The Morgan fingerprint density at radius 1 is 1.52 bits per heavy atom. The van der Waals surface area contributed by atoms with Crippen LogP contribution in [0.4, 0.5) is 0 Å². The van der Waals surface area contributed by atoms with E-state index in [9.17, 15) is 13.2 Å². The lowest BCUT2D eigenvalue weighted by Gasteiger charge is -2.26. The van der Waals surface area contributed by atoms with Gasteiger partial charge in [0.25, 0.3) is 10.0 Å². The molecule has 0 aromatic carbocycles. The highest BCUT2D eigenvalue weighted by Crippen LogP contribution is 2.25. The third-order valence-corrected chi connectivity index (χ3v) is 5.31. The van der Waals surface area contributed by atoms with Crippen molar-refractivity contribution in [3.05, 3.63) is 12.0 Å². The Kier molecular flexibility index (Phi) is 4.67.